The SMILES string of the molecule is CO[C@@H]1[C@@H](OC)[C@H](O[C@H]2CC[C@@]3(C)[C@H]([C@H]2O)[C@H](O)C[C@]2(O)[C@@H]3CC[C@]3(C)[C@@H]([C@H](C)/C=C/[C@@H](C)C(C)CO)C[C@H](O)[C@H]32)OC[C@H]1OC. The highest BCUT2D eigenvalue weighted by atomic mass is 16.7. The molecule has 4 aliphatic carbocycles. The van der Waals surface area contributed by atoms with Crippen LogP contribution in [0, 0.1) is 52.3 Å². The molecule has 5 rings (SSSR count). The number of methoxy groups -OCH3 is 3. The van der Waals surface area contributed by atoms with E-state index in [1.54, 1.807) is 21.3 Å². The molecule has 1 heterocycles. The molecule has 1 aliphatic heterocycles. The first-order valence-electron chi connectivity index (χ1n) is 17.6. The van der Waals surface area contributed by atoms with Crippen LogP contribution in [0.15, 0.2) is 12.2 Å². The predicted octanol–water partition coefficient (Wildman–Crippen LogP) is 2.92. The van der Waals surface area contributed by atoms with Crippen LogP contribution in [0.3, 0.4) is 0 Å². The zero-order chi connectivity index (χ0) is 33.8. The number of rotatable bonds is 10. The van der Waals surface area contributed by atoms with E-state index < -0.39 is 59.8 Å². The molecule has 0 spiro atoms. The first-order chi connectivity index (χ1) is 21.7. The molecule has 266 valence electrons. The Morgan fingerprint density at radius 2 is 1.54 bits per heavy atom. The summed E-state index contributed by atoms with van der Waals surface area (Å²) in [5.74, 6) is -0.255. The van der Waals surface area contributed by atoms with Crippen molar-refractivity contribution in [2.24, 2.45) is 52.3 Å². The largest absolute Gasteiger partial charge is 0.396 e. The molecule has 5 N–H and O–H groups in total. The molecule has 1 saturated heterocycles. The molecule has 0 amide bonds. The molecule has 0 aromatic heterocycles. The maximum absolute atomic E-state index is 12.7. The average molecular weight is 655 g/mol. The molecule has 0 aromatic carbocycles. The van der Waals surface area contributed by atoms with E-state index >= 15 is 0 Å². The Morgan fingerprint density at radius 3 is 2.17 bits per heavy atom. The molecule has 46 heavy (non-hydrogen) atoms. The standard InChI is InChI=1S/C36H62O10/c1-19(21(3)17-37)9-10-20(2)22-15-23(38)32-34(22,4)14-12-27-35(5)13-11-25(29(40)28(35)24(39)16-36(27,32)41)46-33-31(44-8)30(43-7)26(42-6)18-45-33/h9-10,19-33,37-41H,11-18H2,1-8H3/b10-9+/t19-,20-,21?,22-,23+,24-,25+,26-,27-,28+,29+,30+,31-,32-,33+,34-,35-,36+/m1/s1. The zero-order valence-corrected chi connectivity index (χ0v) is 29.2. The minimum Gasteiger partial charge on any atom is -0.396 e. The number of fused-ring (bicyclic) bond motifs is 5. The summed E-state index contributed by atoms with van der Waals surface area (Å²) in [6.07, 6.45) is 2.73. The van der Waals surface area contributed by atoms with Gasteiger partial charge in [0.15, 0.2) is 6.29 Å². The van der Waals surface area contributed by atoms with Gasteiger partial charge >= 0.3 is 0 Å². The Labute approximate surface area is 275 Å². The summed E-state index contributed by atoms with van der Waals surface area (Å²) in [7, 11) is 4.77. The van der Waals surface area contributed by atoms with E-state index in [1.807, 2.05) is 6.92 Å². The van der Waals surface area contributed by atoms with Gasteiger partial charge in [-0.05, 0) is 72.5 Å². The van der Waals surface area contributed by atoms with Crippen molar-refractivity contribution in [1.29, 1.82) is 0 Å². The molecule has 4 saturated carbocycles. The van der Waals surface area contributed by atoms with Crippen LogP contribution < -0.4 is 0 Å². The predicted molar refractivity (Wildman–Crippen MR) is 172 cm³/mol. The van der Waals surface area contributed by atoms with Crippen molar-refractivity contribution < 1.29 is 49.2 Å². The van der Waals surface area contributed by atoms with Crippen LogP contribution >= 0.6 is 0 Å². The first-order valence-corrected chi connectivity index (χ1v) is 17.6. The monoisotopic (exact) mass is 654 g/mol. The summed E-state index contributed by atoms with van der Waals surface area (Å²) in [6.45, 7) is 11.1. The maximum Gasteiger partial charge on any atom is 0.186 e. The lowest BCUT2D eigenvalue weighted by Gasteiger charge is -2.66. The Balaban J connectivity index is 1.34. The second kappa shape index (κ2) is 13.9. The molecule has 18 atom stereocenters. The van der Waals surface area contributed by atoms with Gasteiger partial charge in [-0.15, -0.1) is 0 Å². The molecule has 10 nitrogen and oxygen atoms in total. The third-order valence-electron chi connectivity index (χ3n) is 13.9. The second-order valence-electron chi connectivity index (χ2n) is 16.1. The van der Waals surface area contributed by atoms with Gasteiger partial charge in [0.2, 0.25) is 0 Å². The lowest BCUT2D eigenvalue weighted by Crippen LogP contribution is -2.71. The number of aliphatic hydroxyl groups is 5. The Kier molecular flexibility index (Phi) is 11.1. The fourth-order valence-corrected chi connectivity index (χ4v) is 11.2. The number of hydrogen-bond donors (Lipinski definition) is 5. The van der Waals surface area contributed by atoms with Crippen molar-refractivity contribution in [3.8, 4) is 0 Å². The van der Waals surface area contributed by atoms with Crippen LogP contribution in [0.2, 0.25) is 0 Å². The minimum atomic E-state index is -1.25. The van der Waals surface area contributed by atoms with Crippen LogP contribution in [0.1, 0.15) is 73.1 Å². The summed E-state index contributed by atoms with van der Waals surface area (Å²) in [4.78, 5) is 0. The van der Waals surface area contributed by atoms with Gasteiger partial charge in [0, 0.05) is 46.2 Å². The molecule has 0 radical (unpaired) electrons. The Bertz CT molecular complexity index is 1060. The highest BCUT2D eigenvalue weighted by Crippen LogP contribution is 2.69. The molecular formula is C36H62O10. The summed E-state index contributed by atoms with van der Waals surface area (Å²) in [5.41, 5.74) is -2.10. The van der Waals surface area contributed by atoms with Crippen LogP contribution in [0.25, 0.3) is 0 Å². The highest BCUT2D eigenvalue weighted by Gasteiger charge is 2.72. The van der Waals surface area contributed by atoms with Crippen molar-refractivity contribution in [2.45, 2.75) is 128 Å². The van der Waals surface area contributed by atoms with Gasteiger partial charge in [0.1, 0.15) is 18.3 Å². The quantitative estimate of drug-likeness (QED) is 0.176. The molecule has 5 aliphatic rings. The number of allylic oxidation sites excluding steroid dienone is 2. The molecule has 10 heteroatoms. The Hall–Kier alpha value is -0.660. The lowest BCUT2D eigenvalue weighted by atomic mass is 9.41. The third kappa shape index (κ3) is 5.94. The van der Waals surface area contributed by atoms with E-state index in [-0.39, 0.29) is 66.7 Å². The molecule has 0 aromatic rings. The Morgan fingerprint density at radius 1 is 0.870 bits per heavy atom. The van der Waals surface area contributed by atoms with Gasteiger partial charge in [0.25, 0.3) is 0 Å². The van der Waals surface area contributed by atoms with Crippen LogP contribution in [0.5, 0.6) is 0 Å². The molecular weight excluding hydrogens is 592 g/mol. The fourth-order valence-electron chi connectivity index (χ4n) is 11.2. The van der Waals surface area contributed by atoms with Gasteiger partial charge < -0.3 is 49.2 Å². The lowest BCUT2D eigenvalue weighted by molar-refractivity contribution is -0.323. The van der Waals surface area contributed by atoms with Crippen LogP contribution in [-0.4, -0.2) is 115 Å². The average Bonchev–Trinajstić information content (AvgIpc) is 3.30. The van der Waals surface area contributed by atoms with E-state index in [1.165, 1.54) is 0 Å². The minimum absolute atomic E-state index is 0.114. The van der Waals surface area contributed by atoms with E-state index in [2.05, 4.69) is 39.8 Å². The molecule has 5 fully saturated rings. The summed E-state index contributed by atoms with van der Waals surface area (Å²) in [5, 5.41) is 57.7. The van der Waals surface area contributed by atoms with Crippen molar-refractivity contribution in [3.05, 3.63) is 12.2 Å². The zero-order valence-electron chi connectivity index (χ0n) is 29.2. The second-order valence-corrected chi connectivity index (χ2v) is 16.1. The summed E-state index contributed by atoms with van der Waals surface area (Å²) >= 11 is 0. The van der Waals surface area contributed by atoms with Crippen molar-refractivity contribution in [2.75, 3.05) is 34.5 Å². The number of hydrogen-bond acceptors (Lipinski definition) is 10. The van der Waals surface area contributed by atoms with Crippen LogP contribution in [-0.2, 0) is 23.7 Å². The normalized spacial score (nSPS) is 51.2. The van der Waals surface area contributed by atoms with Gasteiger partial charge in [-0.1, -0.05) is 46.8 Å². The summed E-state index contributed by atoms with van der Waals surface area (Å²) < 4.78 is 29.3. The number of ether oxygens (including phenoxy) is 5. The molecule has 1 unspecified atom stereocenters. The van der Waals surface area contributed by atoms with E-state index in [0.717, 1.165) is 12.8 Å². The van der Waals surface area contributed by atoms with Gasteiger partial charge in [-0.25, -0.2) is 0 Å². The van der Waals surface area contributed by atoms with E-state index in [9.17, 15) is 25.5 Å². The van der Waals surface area contributed by atoms with Gasteiger partial charge in [-0.2, -0.15) is 0 Å². The maximum atomic E-state index is 12.7. The topological polar surface area (TPSA) is 147 Å². The van der Waals surface area contributed by atoms with E-state index in [4.69, 9.17) is 23.7 Å². The highest BCUT2D eigenvalue weighted by molar-refractivity contribution is 5.21. The fraction of sp³-hybridized carbons (Fsp3) is 0.944. The van der Waals surface area contributed by atoms with Crippen molar-refractivity contribution in [1.82, 2.24) is 0 Å². The first kappa shape index (κ1) is 36.6. The van der Waals surface area contributed by atoms with Crippen molar-refractivity contribution in [3.63, 3.8) is 0 Å². The smallest absolute Gasteiger partial charge is 0.186 e. The van der Waals surface area contributed by atoms with Gasteiger partial charge in [-0.3, -0.25) is 0 Å². The third-order valence-corrected chi connectivity index (χ3v) is 13.9. The van der Waals surface area contributed by atoms with E-state index in [0.29, 0.717) is 19.3 Å². The van der Waals surface area contributed by atoms with Gasteiger partial charge in [0.05, 0.1) is 36.6 Å². The molecule has 0 bridgehead atoms. The number of aliphatic hydroxyl groups excluding tert-OH is 4. The summed E-state index contributed by atoms with van der Waals surface area (Å²) in [6, 6.07) is 0. The van der Waals surface area contributed by atoms with Crippen LogP contribution in [0.4, 0.5) is 0 Å². The van der Waals surface area contributed by atoms with Crippen molar-refractivity contribution >= 4 is 0 Å².